The van der Waals surface area contributed by atoms with E-state index in [2.05, 4.69) is 11.0 Å². The number of hydrogen-bond acceptors (Lipinski definition) is 2. The summed E-state index contributed by atoms with van der Waals surface area (Å²) >= 11 is 0. The van der Waals surface area contributed by atoms with Crippen molar-refractivity contribution >= 4 is 5.91 Å². The molecule has 4 heteroatoms. The molecule has 0 bridgehead atoms. The Kier molecular flexibility index (Phi) is 4.77. The first-order chi connectivity index (χ1) is 8.13. The van der Waals surface area contributed by atoms with Crippen molar-refractivity contribution in [1.29, 1.82) is 0 Å². The minimum Gasteiger partial charge on any atom is -0.326 e. The summed E-state index contributed by atoms with van der Waals surface area (Å²) < 4.78 is 1.63. The maximum atomic E-state index is 12.2. The Morgan fingerprint density at radius 2 is 2.29 bits per heavy atom. The van der Waals surface area contributed by atoms with Crippen molar-refractivity contribution in [1.82, 2.24) is 14.7 Å². The second-order valence-corrected chi connectivity index (χ2v) is 3.93. The fourth-order valence-corrected chi connectivity index (χ4v) is 1.69. The van der Waals surface area contributed by atoms with Gasteiger partial charge >= 0.3 is 0 Å². The van der Waals surface area contributed by atoms with E-state index in [0.29, 0.717) is 18.8 Å². The number of carbonyl (C=O) groups excluding carboxylic acids is 1. The predicted octanol–water partition coefficient (Wildman–Crippen LogP) is 1.47. The third kappa shape index (κ3) is 3.10. The molecule has 0 N–H and O–H groups in total. The molecule has 0 saturated carbocycles. The predicted molar refractivity (Wildman–Crippen MR) is 67.6 cm³/mol. The second kappa shape index (κ2) is 6.09. The van der Waals surface area contributed by atoms with Crippen LogP contribution in [-0.2, 0) is 13.5 Å². The summed E-state index contributed by atoms with van der Waals surface area (Å²) in [4.78, 5) is 13.9. The summed E-state index contributed by atoms with van der Waals surface area (Å²) in [5.41, 5.74) is 1.53. The van der Waals surface area contributed by atoms with Crippen molar-refractivity contribution in [3.05, 3.63) is 17.5 Å². The van der Waals surface area contributed by atoms with Crippen LogP contribution in [0.2, 0.25) is 0 Å². The van der Waals surface area contributed by atoms with Crippen LogP contribution in [0.15, 0.2) is 6.07 Å². The van der Waals surface area contributed by atoms with Gasteiger partial charge in [-0.15, -0.1) is 6.42 Å². The maximum absolute atomic E-state index is 12.2. The molecule has 0 unspecified atom stereocenters. The van der Waals surface area contributed by atoms with E-state index in [1.807, 2.05) is 19.9 Å². The van der Waals surface area contributed by atoms with Crippen LogP contribution in [0.25, 0.3) is 0 Å². The number of aromatic nitrogens is 2. The van der Waals surface area contributed by atoms with E-state index in [-0.39, 0.29) is 5.91 Å². The lowest BCUT2D eigenvalue weighted by Gasteiger charge is -2.19. The highest BCUT2D eigenvalue weighted by molar-refractivity contribution is 5.92. The Labute approximate surface area is 103 Å². The lowest BCUT2D eigenvalue weighted by atomic mass is 10.2. The monoisotopic (exact) mass is 233 g/mol. The lowest BCUT2D eigenvalue weighted by molar-refractivity contribution is 0.0766. The van der Waals surface area contributed by atoms with Crippen molar-refractivity contribution in [2.45, 2.75) is 26.7 Å². The molecule has 0 aliphatic heterocycles. The normalized spacial score (nSPS) is 10.0. The second-order valence-electron chi connectivity index (χ2n) is 3.93. The van der Waals surface area contributed by atoms with Crippen LogP contribution in [0.1, 0.15) is 36.5 Å². The molecule has 0 aliphatic carbocycles. The molecule has 1 heterocycles. The van der Waals surface area contributed by atoms with Crippen molar-refractivity contribution in [3.8, 4) is 12.3 Å². The molecule has 0 saturated heterocycles. The Hall–Kier alpha value is -1.76. The Morgan fingerprint density at radius 1 is 1.59 bits per heavy atom. The highest BCUT2D eigenvalue weighted by atomic mass is 16.2. The summed E-state index contributed by atoms with van der Waals surface area (Å²) in [5.74, 6) is 2.48. The summed E-state index contributed by atoms with van der Waals surface area (Å²) in [6.45, 7) is 5.06. The topological polar surface area (TPSA) is 38.1 Å². The lowest BCUT2D eigenvalue weighted by Crippen LogP contribution is -2.33. The van der Waals surface area contributed by atoms with Crippen LogP contribution < -0.4 is 0 Å². The van der Waals surface area contributed by atoms with E-state index < -0.39 is 0 Å². The highest BCUT2D eigenvalue weighted by Gasteiger charge is 2.18. The fourth-order valence-electron chi connectivity index (χ4n) is 1.69. The van der Waals surface area contributed by atoms with Gasteiger partial charge in [-0.1, -0.05) is 19.8 Å². The van der Waals surface area contributed by atoms with Crippen LogP contribution >= 0.6 is 0 Å². The summed E-state index contributed by atoms with van der Waals surface area (Å²) in [7, 11) is 1.78. The minimum atomic E-state index is -0.0421. The molecular formula is C13H19N3O. The van der Waals surface area contributed by atoms with Crippen LogP contribution in [0, 0.1) is 12.3 Å². The van der Waals surface area contributed by atoms with E-state index in [0.717, 1.165) is 18.5 Å². The van der Waals surface area contributed by atoms with E-state index in [1.54, 1.807) is 16.6 Å². The third-order valence-corrected chi connectivity index (χ3v) is 2.57. The summed E-state index contributed by atoms with van der Waals surface area (Å²) in [6.07, 6.45) is 7.00. The molecule has 0 aliphatic rings. The molecular weight excluding hydrogens is 214 g/mol. The first-order valence-corrected chi connectivity index (χ1v) is 5.89. The third-order valence-electron chi connectivity index (χ3n) is 2.57. The van der Waals surface area contributed by atoms with Gasteiger partial charge in [0.1, 0.15) is 5.69 Å². The van der Waals surface area contributed by atoms with Gasteiger partial charge in [-0.25, -0.2) is 0 Å². The van der Waals surface area contributed by atoms with Gasteiger partial charge < -0.3 is 4.90 Å². The van der Waals surface area contributed by atoms with Gasteiger partial charge in [-0.2, -0.15) is 5.10 Å². The maximum Gasteiger partial charge on any atom is 0.272 e. The van der Waals surface area contributed by atoms with Gasteiger partial charge in [0, 0.05) is 13.6 Å². The number of nitrogens with zero attached hydrogens (tertiary/aromatic N) is 3. The van der Waals surface area contributed by atoms with Crippen LogP contribution in [0.4, 0.5) is 0 Å². The van der Waals surface area contributed by atoms with E-state index in [4.69, 9.17) is 6.42 Å². The quantitative estimate of drug-likeness (QED) is 0.722. The first kappa shape index (κ1) is 13.3. The van der Waals surface area contributed by atoms with E-state index in [9.17, 15) is 4.79 Å². The van der Waals surface area contributed by atoms with Gasteiger partial charge in [0.15, 0.2) is 0 Å². The van der Waals surface area contributed by atoms with Crippen molar-refractivity contribution in [3.63, 3.8) is 0 Å². The molecule has 1 rings (SSSR count). The molecule has 1 amide bonds. The zero-order valence-electron chi connectivity index (χ0n) is 10.7. The minimum absolute atomic E-state index is 0.0421. The standard InChI is InChI=1S/C13H19N3O/c1-5-8-16(9-6-2)13(17)12-10-11(7-3)14-15(12)4/h1,10H,6-9H2,2-4H3. The summed E-state index contributed by atoms with van der Waals surface area (Å²) in [6, 6.07) is 1.83. The van der Waals surface area contributed by atoms with E-state index >= 15 is 0 Å². The molecule has 92 valence electrons. The molecule has 0 aromatic carbocycles. The Balaban J connectivity index is 2.92. The zero-order valence-corrected chi connectivity index (χ0v) is 10.7. The fraction of sp³-hybridized carbons (Fsp3) is 0.538. The number of terminal acetylenes is 1. The smallest absolute Gasteiger partial charge is 0.272 e. The van der Waals surface area contributed by atoms with E-state index in [1.165, 1.54) is 0 Å². The molecule has 17 heavy (non-hydrogen) atoms. The molecule has 0 fully saturated rings. The number of rotatable bonds is 5. The molecule has 4 nitrogen and oxygen atoms in total. The van der Waals surface area contributed by atoms with Crippen molar-refractivity contribution in [2.75, 3.05) is 13.1 Å². The number of aryl methyl sites for hydroxylation is 2. The SMILES string of the molecule is C#CCN(CCC)C(=O)c1cc(CC)nn1C. The number of carbonyl (C=O) groups is 1. The summed E-state index contributed by atoms with van der Waals surface area (Å²) in [5, 5.41) is 4.27. The highest BCUT2D eigenvalue weighted by Crippen LogP contribution is 2.08. The Bertz CT molecular complexity index is 428. The molecule has 0 radical (unpaired) electrons. The average Bonchev–Trinajstić information content (AvgIpc) is 2.69. The largest absolute Gasteiger partial charge is 0.326 e. The molecule has 1 aromatic rings. The van der Waals surface area contributed by atoms with Crippen molar-refractivity contribution in [2.24, 2.45) is 7.05 Å². The first-order valence-electron chi connectivity index (χ1n) is 5.89. The number of amides is 1. The molecule has 1 aromatic heterocycles. The molecule has 0 spiro atoms. The van der Waals surface area contributed by atoms with Crippen LogP contribution in [0.5, 0.6) is 0 Å². The van der Waals surface area contributed by atoms with Gasteiger partial charge in [0.05, 0.1) is 12.2 Å². The van der Waals surface area contributed by atoms with Crippen molar-refractivity contribution < 1.29 is 4.79 Å². The zero-order chi connectivity index (χ0) is 12.8. The molecule has 0 atom stereocenters. The van der Waals surface area contributed by atoms with Gasteiger partial charge in [0.25, 0.3) is 5.91 Å². The Morgan fingerprint density at radius 3 is 2.76 bits per heavy atom. The van der Waals surface area contributed by atoms with Crippen LogP contribution in [-0.4, -0.2) is 33.7 Å². The number of hydrogen-bond donors (Lipinski definition) is 0. The average molecular weight is 233 g/mol. The van der Waals surface area contributed by atoms with Gasteiger partial charge in [0.2, 0.25) is 0 Å². The van der Waals surface area contributed by atoms with Gasteiger partial charge in [-0.3, -0.25) is 9.48 Å². The van der Waals surface area contributed by atoms with Gasteiger partial charge in [-0.05, 0) is 18.9 Å². The van der Waals surface area contributed by atoms with Crippen LogP contribution in [0.3, 0.4) is 0 Å².